The molecule has 1 heterocycles. The van der Waals surface area contributed by atoms with E-state index in [0.717, 1.165) is 31.9 Å². The van der Waals surface area contributed by atoms with Crippen LogP contribution in [0.1, 0.15) is 44.6 Å². The molecule has 1 aromatic rings. The Balaban J connectivity index is 0.00000280. The average Bonchev–Trinajstić information content (AvgIpc) is 3.47. The Bertz CT molecular complexity index is 734. The number of benzene rings is 1. The summed E-state index contributed by atoms with van der Waals surface area (Å²) in [6, 6.07) is 10.9. The molecule has 0 radical (unpaired) electrons. The smallest absolute Gasteiger partial charge is 0.213 e. The fraction of sp³-hybridized carbons (Fsp3) is 0.650. The maximum atomic E-state index is 12.0. The number of guanidine groups is 1. The molecule has 2 N–H and O–H groups in total. The first-order valence-corrected chi connectivity index (χ1v) is 11.7. The molecule has 1 aliphatic heterocycles. The van der Waals surface area contributed by atoms with Gasteiger partial charge in [0.25, 0.3) is 0 Å². The molecule has 2 unspecified atom stereocenters. The largest absolute Gasteiger partial charge is 0.357 e. The quantitative estimate of drug-likeness (QED) is 0.330. The third-order valence-electron chi connectivity index (χ3n) is 5.53. The molecule has 1 aromatic carbocycles. The normalized spacial score (nSPS) is 23.7. The zero-order valence-corrected chi connectivity index (χ0v) is 19.9. The number of aliphatic imine (C=N–C) groups is 1. The molecule has 0 bridgehead atoms. The third-order valence-corrected chi connectivity index (χ3v) is 7.41. The first-order chi connectivity index (χ1) is 13.0. The van der Waals surface area contributed by atoms with Crippen molar-refractivity contribution in [2.24, 2.45) is 10.9 Å². The minimum Gasteiger partial charge on any atom is -0.357 e. The van der Waals surface area contributed by atoms with Gasteiger partial charge in [-0.1, -0.05) is 30.3 Å². The van der Waals surface area contributed by atoms with Gasteiger partial charge in [0, 0.05) is 32.2 Å². The molecule has 2 atom stereocenters. The molecular weight excluding hydrogens is 487 g/mol. The summed E-state index contributed by atoms with van der Waals surface area (Å²) in [5, 5.41) is 6.83. The van der Waals surface area contributed by atoms with Crippen LogP contribution in [0.2, 0.25) is 0 Å². The Kier molecular flexibility index (Phi) is 9.01. The van der Waals surface area contributed by atoms with Crippen molar-refractivity contribution in [3.05, 3.63) is 35.9 Å². The Hall–Kier alpha value is -0.870. The standard InChI is InChI=1S/C20H32N4O2S.HI/c1-3-21-20(22-15-17-14-19(17)16-8-6-5-7-9-16)23-18-10-12-24(13-11-18)27(25,26)4-2;/h5-9,17-19H,3-4,10-15H2,1-2H3,(H2,21,22,23);1H. The van der Waals surface area contributed by atoms with Gasteiger partial charge in [0.15, 0.2) is 5.96 Å². The molecule has 3 rings (SSSR count). The summed E-state index contributed by atoms with van der Waals surface area (Å²) in [6.07, 6.45) is 2.85. The lowest BCUT2D eigenvalue weighted by atomic mass is 10.1. The van der Waals surface area contributed by atoms with Crippen LogP contribution in [0, 0.1) is 5.92 Å². The number of rotatable bonds is 7. The number of hydrogen-bond donors (Lipinski definition) is 2. The lowest BCUT2D eigenvalue weighted by Crippen LogP contribution is -2.50. The van der Waals surface area contributed by atoms with Crippen molar-refractivity contribution < 1.29 is 8.42 Å². The zero-order valence-electron chi connectivity index (χ0n) is 16.8. The number of piperidine rings is 1. The Labute approximate surface area is 186 Å². The van der Waals surface area contributed by atoms with E-state index >= 15 is 0 Å². The van der Waals surface area contributed by atoms with Crippen LogP contribution in [0.4, 0.5) is 0 Å². The summed E-state index contributed by atoms with van der Waals surface area (Å²) in [5.41, 5.74) is 1.42. The second-order valence-electron chi connectivity index (χ2n) is 7.45. The van der Waals surface area contributed by atoms with E-state index in [2.05, 4.69) is 47.9 Å². The summed E-state index contributed by atoms with van der Waals surface area (Å²) >= 11 is 0. The van der Waals surface area contributed by atoms with Gasteiger partial charge in [-0.15, -0.1) is 24.0 Å². The van der Waals surface area contributed by atoms with Gasteiger partial charge in [-0.25, -0.2) is 12.7 Å². The molecule has 0 aromatic heterocycles. The fourth-order valence-electron chi connectivity index (χ4n) is 3.74. The second-order valence-corrected chi connectivity index (χ2v) is 9.71. The van der Waals surface area contributed by atoms with Gasteiger partial charge in [-0.05, 0) is 50.5 Å². The zero-order chi connectivity index (χ0) is 19.3. The van der Waals surface area contributed by atoms with Crippen molar-refractivity contribution >= 4 is 40.0 Å². The molecule has 2 fully saturated rings. The number of nitrogens with one attached hydrogen (secondary N) is 2. The fourth-order valence-corrected chi connectivity index (χ4v) is 4.87. The van der Waals surface area contributed by atoms with Gasteiger partial charge >= 0.3 is 0 Å². The van der Waals surface area contributed by atoms with Gasteiger partial charge in [0.05, 0.1) is 5.75 Å². The van der Waals surface area contributed by atoms with Crippen LogP contribution in [0.3, 0.4) is 0 Å². The number of sulfonamides is 1. The first kappa shape index (κ1) is 23.4. The number of nitrogens with zero attached hydrogens (tertiary/aromatic N) is 2. The van der Waals surface area contributed by atoms with Crippen LogP contribution in [-0.2, 0) is 10.0 Å². The van der Waals surface area contributed by atoms with Crippen molar-refractivity contribution in [3.8, 4) is 0 Å². The van der Waals surface area contributed by atoms with E-state index in [9.17, 15) is 8.42 Å². The Morgan fingerprint density at radius 3 is 2.46 bits per heavy atom. The van der Waals surface area contributed by atoms with E-state index in [1.165, 1.54) is 12.0 Å². The van der Waals surface area contributed by atoms with Crippen LogP contribution >= 0.6 is 24.0 Å². The molecular formula is C20H33IN4O2S. The summed E-state index contributed by atoms with van der Waals surface area (Å²) in [4.78, 5) is 4.79. The monoisotopic (exact) mass is 520 g/mol. The number of hydrogen-bond acceptors (Lipinski definition) is 3. The van der Waals surface area contributed by atoms with Crippen LogP contribution in [-0.4, -0.2) is 56.7 Å². The van der Waals surface area contributed by atoms with Crippen molar-refractivity contribution in [2.45, 2.75) is 45.1 Å². The highest BCUT2D eigenvalue weighted by Crippen LogP contribution is 2.47. The molecule has 6 nitrogen and oxygen atoms in total. The average molecular weight is 520 g/mol. The van der Waals surface area contributed by atoms with E-state index in [1.54, 1.807) is 11.2 Å². The summed E-state index contributed by atoms with van der Waals surface area (Å²) < 4.78 is 25.6. The lowest BCUT2D eigenvalue weighted by Gasteiger charge is -2.32. The third kappa shape index (κ3) is 6.32. The van der Waals surface area contributed by atoms with E-state index in [1.807, 2.05) is 0 Å². The van der Waals surface area contributed by atoms with Crippen LogP contribution < -0.4 is 10.6 Å². The molecule has 158 valence electrons. The topological polar surface area (TPSA) is 73.8 Å². The molecule has 28 heavy (non-hydrogen) atoms. The highest BCUT2D eigenvalue weighted by molar-refractivity contribution is 14.0. The maximum Gasteiger partial charge on any atom is 0.213 e. The minimum absolute atomic E-state index is 0. The molecule has 1 aliphatic carbocycles. The van der Waals surface area contributed by atoms with Crippen LogP contribution in [0.25, 0.3) is 0 Å². The van der Waals surface area contributed by atoms with E-state index in [-0.39, 0.29) is 35.8 Å². The van der Waals surface area contributed by atoms with Crippen molar-refractivity contribution in [2.75, 3.05) is 31.9 Å². The molecule has 0 spiro atoms. The molecule has 1 saturated heterocycles. The van der Waals surface area contributed by atoms with Gasteiger partial charge in [0.1, 0.15) is 0 Å². The minimum atomic E-state index is -3.07. The van der Waals surface area contributed by atoms with Crippen molar-refractivity contribution in [1.29, 1.82) is 0 Å². The van der Waals surface area contributed by atoms with Crippen LogP contribution in [0.5, 0.6) is 0 Å². The number of halogens is 1. The summed E-state index contributed by atoms with van der Waals surface area (Å²) in [5.74, 6) is 2.30. The Morgan fingerprint density at radius 1 is 1.18 bits per heavy atom. The van der Waals surface area contributed by atoms with E-state index < -0.39 is 10.0 Å². The Morgan fingerprint density at radius 2 is 1.86 bits per heavy atom. The SMILES string of the molecule is CCNC(=NCC1CC1c1ccccc1)NC1CCN(S(=O)(=O)CC)CC1.I. The first-order valence-electron chi connectivity index (χ1n) is 10.1. The van der Waals surface area contributed by atoms with E-state index in [4.69, 9.17) is 4.99 Å². The lowest BCUT2D eigenvalue weighted by molar-refractivity contribution is 0.306. The summed E-state index contributed by atoms with van der Waals surface area (Å²) in [6.45, 7) is 6.60. The highest BCUT2D eigenvalue weighted by atomic mass is 127. The van der Waals surface area contributed by atoms with Crippen molar-refractivity contribution in [3.63, 3.8) is 0 Å². The molecule has 8 heteroatoms. The maximum absolute atomic E-state index is 12.0. The highest BCUT2D eigenvalue weighted by Gasteiger charge is 2.37. The molecule has 1 saturated carbocycles. The summed E-state index contributed by atoms with van der Waals surface area (Å²) in [7, 11) is -3.07. The van der Waals surface area contributed by atoms with Gasteiger partial charge < -0.3 is 10.6 Å². The predicted molar refractivity (Wildman–Crippen MR) is 126 cm³/mol. The van der Waals surface area contributed by atoms with Gasteiger partial charge in [0.2, 0.25) is 10.0 Å². The second kappa shape index (κ2) is 10.8. The van der Waals surface area contributed by atoms with Crippen LogP contribution in [0.15, 0.2) is 35.3 Å². The van der Waals surface area contributed by atoms with Crippen molar-refractivity contribution in [1.82, 2.24) is 14.9 Å². The van der Waals surface area contributed by atoms with Gasteiger partial charge in [-0.3, -0.25) is 4.99 Å². The molecule has 2 aliphatic rings. The van der Waals surface area contributed by atoms with E-state index in [0.29, 0.717) is 24.9 Å². The molecule has 0 amide bonds. The predicted octanol–water partition coefficient (Wildman–Crippen LogP) is 2.78. The van der Waals surface area contributed by atoms with Gasteiger partial charge in [-0.2, -0.15) is 0 Å².